The second-order valence-electron chi connectivity index (χ2n) is 12.1. The summed E-state index contributed by atoms with van der Waals surface area (Å²) in [6, 6.07) is 44.7. The Morgan fingerprint density at radius 1 is 0.364 bits per heavy atom. The zero-order chi connectivity index (χ0) is 30.2. The van der Waals surface area contributed by atoms with Gasteiger partial charge < -0.3 is 9.80 Å². The lowest BCUT2D eigenvalue weighted by molar-refractivity contribution is 1.11. The van der Waals surface area contributed by atoms with E-state index in [1.54, 1.807) is 0 Å². The Hall–Kier alpha value is -5.08. The van der Waals surface area contributed by atoms with Gasteiger partial charge in [0.15, 0.2) is 0 Å². The minimum Gasteiger partial charge on any atom is -0.309 e. The average Bonchev–Trinajstić information content (AvgIpc) is 3.05. The predicted molar refractivity (Wildman–Crippen MR) is 190 cm³/mol. The third-order valence-electron chi connectivity index (χ3n) is 8.72. The Morgan fingerprint density at radius 2 is 0.636 bits per heavy atom. The van der Waals surface area contributed by atoms with Crippen LogP contribution in [-0.2, 0) is 0 Å². The topological polar surface area (TPSA) is 6.48 Å². The number of anilines is 6. The number of aryl methyl sites for hydroxylation is 4. The largest absolute Gasteiger partial charge is 0.309 e. The molecule has 0 spiro atoms. The Morgan fingerprint density at radius 3 is 0.909 bits per heavy atom. The van der Waals surface area contributed by atoms with E-state index >= 15 is 0 Å². The van der Waals surface area contributed by atoms with Crippen LogP contribution in [0.2, 0.25) is 0 Å². The molecule has 2 nitrogen and oxygen atoms in total. The van der Waals surface area contributed by atoms with Crippen molar-refractivity contribution in [2.24, 2.45) is 0 Å². The second-order valence-corrected chi connectivity index (χ2v) is 12.1. The molecule has 7 rings (SSSR count). The maximum Gasteiger partial charge on any atom is 0.0616 e. The number of rotatable bonds is 6. The summed E-state index contributed by atoms with van der Waals surface area (Å²) in [6.07, 6.45) is 6.95. The monoisotopic (exact) mass is 570 g/mol. The van der Waals surface area contributed by atoms with E-state index in [9.17, 15) is 0 Å². The van der Waals surface area contributed by atoms with Crippen LogP contribution in [0, 0.1) is 27.7 Å². The van der Waals surface area contributed by atoms with Crippen molar-refractivity contribution in [1.82, 2.24) is 0 Å². The van der Waals surface area contributed by atoms with Crippen LogP contribution in [0.3, 0.4) is 0 Å². The van der Waals surface area contributed by atoms with E-state index < -0.39 is 0 Å². The number of nitrogens with zero attached hydrogens (tertiary/aromatic N) is 2. The van der Waals surface area contributed by atoms with Crippen molar-refractivity contribution in [1.29, 1.82) is 0 Å². The molecule has 0 saturated heterocycles. The average molecular weight is 571 g/mol. The molecule has 0 radical (unpaired) electrons. The first-order valence-electron chi connectivity index (χ1n) is 15.6. The normalized spacial score (nSPS) is 12.3. The van der Waals surface area contributed by atoms with E-state index in [-0.39, 0.29) is 0 Å². The molecule has 0 aromatic heterocycles. The molecule has 1 aliphatic rings. The molecule has 0 unspecified atom stereocenters. The van der Waals surface area contributed by atoms with E-state index in [4.69, 9.17) is 0 Å². The van der Waals surface area contributed by atoms with Gasteiger partial charge in [0.1, 0.15) is 0 Å². The van der Waals surface area contributed by atoms with Crippen molar-refractivity contribution in [3.05, 3.63) is 154 Å². The van der Waals surface area contributed by atoms with Crippen molar-refractivity contribution in [3.63, 3.8) is 0 Å². The van der Waals surface area contributed by atoms with Gasteiger partial charge in [0, 0.05) is 44.0 Å². The molecule has 0 atom stereocenters. The lowest BCUT2D eigenvalue weighted by Crippen LogP contribution is -2.36. The summed E-state index contributed by atoms with van der Waals surface area (Å²) in [4.78, 5) is 4.92. The summed E-state index contributed by atoms with van der Waals surface area (Å²) in [6.45, 7) is 8.61. The zero-order valence-corrected chi connectivity index (χ0v) is 26.0. The molecule has 0 heterocycles. The van der Waals surface area contributed by atoms with Crippen molar-refractivity contribution >= 4 is 57.0 Å². The van der Waals surface area contributed by atoms with Gasteiger partial charge in [-0.15, -0.1) is 0 Å². The van der Waals surface area contributed by atoms with Crippen LogP contribution in [0.4, 0.5) is 34.1 Å². The van der Waals surface area contributed by atoms with Crippen molar-refractivity contribution in [2.75, 3.05) is 9.80 Å². The highest BCUT2D eigenvalue weighted by Crippen LogP contribution is 2.42. The van der Waals surface area contributed by atoms with Gasteiger partial charge in [0.25, 0.3) is 0 Å². The lowest BCUT2D eigenvalue weighted by atomic mass is 9.95. The first-order valence-corrected chi connectivity index (χ1v) is 15.6. The van der Waals surface area contributed by atoms with Crippen LogP contribution in [0.15, 0.2) is 121 Å². The van der Waals surface area contributed by atoms with E-state index in [1.165, 1.54) is 54.8 Å². The first-order chi connectivity index (χ1) is 21.5. The molecule has 216 valence electrons. The van der Waals surface area contributed by atoms with Crippen LogP contribution in [-0.4, -0.2) is 0 Å². The summed E-state index contributed by atoms with van der Waals surface area (Å²) in [5.74, 6) is 0. The highest BCUT2D eigenvalue weighted by atomic mass is 15.2. The first kappa shape index (κ1) is 27.7. The van der Waals surface area contributed by atoms with Gasteiger partial charge in [-0.2, -0.15) is 0 Å². The molecule has 0 amide bonds. The van der Waals surface area contributed by atoms with Gasteiger partial charge in [0.05, 0.1) is 11.4 Å². The van der Waals surface area contributed by atoms with Gasteiger partial charge in [-0.1, -0.05) is 107 Å². The highest BCUT2D eigenvalue weighted by molar-refractivity contribution is 6.08. The van der Waals surface area contributed by atoms with Crippen LogP contribution < -0.4 is 20.2 Å². The zero-order valence-electron chi connectivity index (χ0n) is 26.0. The smallest absolute Gasteiger partial charge is 0.0616 e. The van der Waals surface area contributed by atoms with E-state index in [2.05, 4.69) is 171 Å². The lowest BCUT2D eigenvalue weighted by Gasteiger charge is -2.32. The maximum atomic E-state index is 2.46. The van der Waals surface area contributed by atoms with Gasteiger partial charge in [0.2, 0.25) is 0 Å². The third-order valence-corrected chi connectivity index (χ3v) is 8.72. The van der Waals surface area contributed by atoms with Crippen LogP contribution in [0.1, 0.15) is 35.1 Å². The molecule has 0 saturated carbocycles. The molecular formula is C42H38N2. The fourth-order valence-electron chi connectivity index (χ4n) is 6.38. The van der Waals surface area contributed by atoms with Crippen LogP contribution in [0.25, 0.3) is 22.9 Å². The third kappa shape index (κ3) is 5.07. The van der Waals surface area contributed by atoms with E-state index in [1.807, 2.05) is 0 Å². The van der Waals surface area contributed by atoms with Crippen LogP contribution >= 0.6 is 0 Å². The predicted octanol–water partition coefficient (Wildman–Crippen LogP) is 10.4. The maximum absolute atomic E-state index is 2.46. The molecule has 1 aliphatic carbocycles. The number of hydrogen-bond donors (Lipinski definition) is 0. The fraction of sp³-hybridized carbons (Fsp3) is 0.143. The van der Waals surface area contributed by atoms with Gasteiger partial charge in [-0.05, 0) is 89.1 Å². The Kier molecular flexibility index (Phi) is 7.28. The number of hydrogen-bond acceptors (Lipinski definition) is 2. The van der Waals surface area contributed by atoms with Crippen molar-refractivity contribution < 1.29 is 0 Å². The summed E-state index contributed by atoms with van der Waals surface area (Å²) < 4.78 is 0. The summed E-state index contributed by atoms with van der Waals surface area (Å²) >= 11 is 0. The fourth-order valence-corrected chi connectivity index (χ4v) is 6.38. The Labute approximate surface area is 260 Å². The highest BCUT2D eigenvalue weighted by Gasteiger charge is 2.24. The molecule has 0 bridgehead atoms. The summed E-state index contributed by atoms with van der Waals surface area (Å²) in [5, 5.41) is 5.04. The molecule has 44 heavy (non-hydrogen) atoms. The second kappa shape index (κ2) is 11.5. The van der Waals surface area contributed by atoms with E-state index in [0.29, 0.717) is 0 Å². The van der Waals surface area contributed by atoms with E-state index in [0.717, 1.165) is 35.6 Å². The SMILES string of the molecule is Cc1ccc(N(c2ccc(C)cc2)c2c3c(c(N(c4ccc(C)cc4)c4ccc(C)cc4)c4ccccc24)=CCCC=3)cc1. The molecule has 2 heteroatoms. The van der Waals surface area contributed by atoms with Gasteiger partial charge >= 0.3 is 0 Å². The standard InChI is InChI=1S/C42H38N2/c1-29-13-21-33(22-14-29)43(34-23-15-30(2)16-24-34)41-37-9-5-7-11-39(37)42(40-12-8-6-10-38(40)41)44(35-25-17-31(3)18-26-35)36-27-19-32(4)20-28-36/h5,7,9-28H,6,8H2,1-4H3. The molecule has 0 fully saturated rings. The molecule has 0 N–H and O–H groups in total. The van der Waals surface area contributed by atoms with Crippen molar-refractivity contribution in [3.8, 4) is 0 Å². The van der Waals surface area contributed by atoms with Crippen molar-refractivity contribution in [2.45, 2.75) is 40.5 Å². The van der Waals surface area contributed by atoms with Gasteiger partial charge in [-0.3, -0.25) is 0 Å². The Balaban J connectivity index is 1.60. The van der Waals surface area contributed by atoms with Gasteiger partial charge in [-0.25, -0.2) is 0 Å². The molecule has 6 aromatic rings. The minimum atomic E-state index is 1.02. The quantitative estimate of drug-likeness (QED) is 0.184. The number of fused-ring (bicyclic) bond motifs is 2. The summed E-state index contributed by atoms with van der Waals surface area (Å²) in [7, 11) is 0. The Bertz CT molecular complexity index is 1830. The van der Waals surface area contributed by atoms with Crippen LogP contribution in [0.5, 0.6) is 0 Å². The molecule has 0 aliphatic heterocycles. The summed E-state index contributed by atoms with van der Waals surface area (Å²) in [5.41, 5.74) is 12.1. The minimum absolute atomic E-state index is 1.02. The molecule has 6 aromatic carbocycles. The number of benzene rings is 6. The molecular weight excluding hydrogens is 532 g/mol.